The fourth-order valence-corrected chi connectivity index (χ4v) is 2.42. The number of aromatic nitrogens is 1. The summed E-state index contributed by atoms with van der Waals surface area (Å²) in [5, 5.41) is 20.0. The number of aliphatic carboxylic acids is 1. The van der Waals surface area contributed by atoms with Crippen molar-refractivity contribution in [3.63, 3.8) is 0 Å². The number of carbonyl (C=O) groups is 1. The summed E-state index contributed by atoms with van der Waals surface area (Å²) in [6.45, 7) is 0.555. The van der Waals surface area contributed by atoms with Gasteiger partial charge in [-0.25, -0.2) is 0 Å². The lowest BCUT2D eigenvalue weighted by molar-refractivity contribution is -0.384. The maximum Gasteiger partial charge on any atom is 0.311 e. The molecule has 0 spiro atoms. The first-order chi connectivity index (χ1) is 9.52. The SMILES string of the molecule is COc1ccc([N+](=O)[O-])c(N2CCCC2CC(=O)O)n1. The molecule has 2 rings (SSSR count). The lowest BCUT2D eigenvalue weighted by atomic mass is 10.1. The number of hydrogen-bond donors (Lipinski definition) is 1. The van der Waals surface area contributed by atoms with E-state index in [0.717, 1.165) is 6.42 Å². The summed E-state index contributed by atoms with van der Waals surface area (Å²) in [7, 11) is 1.43. The molecule has 8 nitrogen and oxygen atoms in total. The number of rotatable bonds is 5. The smallest absolute Gasteiger partial charge is 0.311 e. The Kier molecular flexibility index (Phi) is 4.02. The Bertz CT molecular complexity index is 534. The molecule has 0 aliphatic carbocycles. The summed E-state index contributed by atoms with van der Waals surface area (Å²) in [5.41, 5.74) is -0.136. The molecule has 1 aliphatic rings. The molecule has 20 heavy (non-hydrogen) atoms. The zero-order valence-electron chi connectivity index (χ0n) is 11.0. The molecule has 0 aromatic carbocycles. The Morgan fingerprint density at radius 3 is 3.00 bits per heavy atom. The highest BCUT2D eigenvalue weighted by Gasteiger charge is 2.32. The van der Waals surface area contributed by atoms with E-state index in [4.69, 9.17) is 9.84 Å². The van der Waals surface area contributed by atoms with Crippen LogP contribution in [-0.2, 0) is 4.79 Å². The second kappa shape index (κ2) is 5.72. The maximum atomic E-state index is 11.1. The molecule has 2 heterocycles. The number of pyridine rings is 1. The van der Waals surface area contributed by atoms with E-state index in [1.165, 1.54) is 19.2 Å². The Labute approximate surface area is 115 Å². The van der Waals surface area contributed by atoms with Gasteiger partial charge in [0.05, 0.1) is 18.5 Å². The predicted octanol–water partition coefficient (Wildman–Crippen LogP) is 1.44. The fraction of sp³-hybridized carbons (Fsp3) is 0.500. The van der Waals surface area contributed by atoms with Gasteiger partial charge in [-0.05, 0) is 12.8 Å². The van der Waals surface area contributed by atoms with Crippen LogP contribution in [0.1, 0.15) is 19.3 Å². The minimum absolute atomic E-state index is 0.0595. The lowest BCUT2D eigenvalue weighted by Gasteiger charge is -2.24. The number of carboxylic acids is 1. The summed E-state index contributed by atoms with van der Waals surface area (Å²) >= 11 is 0. The Morgan fingerprint density at radius 2 is 2.40 bits per heavy atom. The van der Waals surface area contributed by atoms with Gasteiger partial charge in [-0.2, -0.15) is 4.98 Å². The third kappa shape index (κ3) is 2.79. The van der Waals surface area contributed by atoms with Crippen molar-refractivity contribution in [2.75, 3.05) is 18.6 Å². The Balaban J connectivity index is 2.38. The van der Waals surface area contributed by atoms with Crippen LogP contribution >= 0.6 is 0 Å². The molecular weight excluding hydrogens is 266 g/mol. The van der Waals surface area contributed by atoms with Crippen LogP contribution in [0.3, 0.4) is 0 Å². The van der Waals surface area contributed by atoms with Crippen LogP contribution in [0.2, 0.25) is 0 Å². The van der Waals surface area contributed by atoms with Gasteiger partial charge in [0.25, 0.3) is 0 Å². The lowest BCUT2D eigenvalue weighted by Crippen LogP contribution is -2.32. The topological polar surface area (TPSA) is 106 Å². The molecule has 108 valence electrons. The van der Waals surface area contributed by atoms with Crippen LogP contribution in [0.25, 0.3) is 0 Å². The average Bonchev–Trinajstić information content (AvgIpc) is 2.85. The quantitative estimate of drug-likeness (QED) is 0.643. The van der Waals surface area contributed by atoms with Crippen molar-refractivity contribution in [3.05, 3.63) is 22.2 Å². The van der Waals surface area contributed by atoms with Crippen LogP contribution < -0.4 is 9.64 Å². The van der Waals surface area contributed by atoms with Gasteiger partial charge in [0, 0.05) is 24.7 Å². The Hall–Kier alpha value is -2.38. The second-order valence-corrected chi connectivity index (χ2v) is 4.54. The van der Waals surface area contributed by atoms with Crippen LogP contribution in [-0.4, -0.2) is 40.7 Å². The van der Waals surface area contributed by atoms with Gasteiger partial charge in [0.15, 0.2) is 0 Å². The number of hydrogen-bond acceptors (Lipinski definition) is 6. The fourth-order valence-electron chi connectivity index (χ4n) is 2.42. The number of anilines is 1. The first kappa shape index (κ1) is 14.0. The third-order valence-electron chi connectivity index (χ3n) is 3.29. The summed E-state index contributed by atoms with van der Waals surface area (Å²) in [6, 6.07) is 2.48. The highest BCUT2D eigenvalue weighted by molar-refractivity contribution is 5.69. The second-order valence-electron chi connectivity index (χ2n) is 4.54. The molecule has 0 saturated carbocycles. The van der Waals surface area contributed by atoms with Gasteiger partial charge in [-0.3, -0.25) is 14.9 Å². The molecule has 0 amide bonds. The van der Waals surface area contributed by atoms with Crippen molar-refractivity contribution >= 4 is 17.5 Å². The van der Waals surface area contributed by atoms with E-state index in [-0.39, 0.29) is 29.8 Å². The van der Waals surface area contributed by atoms with E-state index in [0.29, 0.717) is 13.0 Å². The van der Waals surface area contributed by atoms with Crippen LogP contribution in [0, 0.1) is 10.1 Å². The molecule has 1 saturated heterocycles. The summed E-state index contributed by atoms with van der Waals surface area (Å²) in [4.78, 5) is 27.3. The van der Waals surface area contributed by atoms with E-state index in [9.17, 15) is 14.9 Å². The zero-order valence-corrected chi connectivity index (χ0v) is 11.0. The monoisotopic (exact) mass is 281 g/mol. The summed E-state index contributed by atoms with van der Waals surface area (Å²) in [5.74, 6) is -0.475. The summed E-state index contributed by atoms with van der Waals surface area (Å²) in [6.07, 6.45) is 1.41. The predicted molar refractivity (Wildman–Crippen MR) is 70.1 cm³/mol. The van der Waals surface area contributed by atoms with Crippen molar-refractivity contribution < 1.29 is 19.6 Å². The minimum Gasteiger partial charge on any atom is -0.481 e. The molecule has 1 N–H and O–H groups in total. The molecular formula is C12H15N3O5. The van der Waals surface area contributed by atoms with E-state index in [1.807, 2.05) is 0 Å². The molecule has 1 atom stereocenters. The van der Waals surface area contributed by atoms with Crippen LogP contribution in [0.4, 0.5) is 11.5 Å². The molecule has 0 bridgehead atoms. The van der Waals surface area contributed by atoms with E-state index < -0.39 is 10.9 Å². The van der Waals surface area contributed by atoms with Crippen molar-refractivity contribution in [2.45, 2.75) is 25.3 Å². The van der Waals surface area contributed by atoms with Gasteiger partial charge in [0.1, 0.15) is 0 Å². The van der Waals surface area contributed by atoms with Crippen LogP contribution in [0.5, 0.6) is 5.88 Å². The summed E-state index contributed by atoms with van der Waals surface area (Å²) < 4.78 is 4.99. The number of carboxylic acid groups (broad SMARTS) is 1. The molecule has 1 fully saturated rings. The normalized spacial score (nSPS) is 18.1. The van der Waals surface area contributed by atoms with Crippen molar-refractivity contribution in [1.82, 2.24) is 4.98 Å². The van der Waals surface area contributed by atoms with Crippen LogP contribution in [0.15, 0.2) is 12.1 Å². The van der Waals surface area contributed by atoms with Gasteiger partial charge in [-0.1, -0.05) is 0 Å². The third-order valence-corrected chi connectivity index (χ3v) is 3.29. The number of nitro groups is 1. The number of ether oxygens (including phenoxy) is 1. The first-order valence-electron chi connectivity index (χ1n) is 6.20. The van der Waals surface area contributed by atoms with Crippen molar-refractivity contribution in [2.24, 2.45) is 0 Å². The molecule has 1 aromatic rings. The molecule has 8 heteroatoms. The molecule has 1 unspecified atom stereocenters. The standard InChI is InChI=1S/C12H15N3O5/c1-20-10-5-4-9(15(18)19)12(13-10)14-6-2-3-8(14)7-11(16)17/h4-5,8H,2-3,6-7H2,1H3,(H,16,17). The van der Waals surface area contributed by atoms with Crippen molar-refractivity contribution in [1.29, 1.82) is 0 Å². The Morgan fingerprint density at radius 1 is 1.65 bits per heavy atom. The van der Waals surface area contributed by atoms with Crippen molar-refractivity contribution in [3.8, 4) is 5.88 Å². The van der Waals surface area contributed by atoms with E-state index in [2.05, 4.69) is 4.98 Å². The zero-order chi connectivity index (χ0) is 14.7. The first-order valence-corrected chi connectivity index (χ1v) is 6.20. The average molecular weight is 281 g/mol. The highest BCUT2D eigenvalue weighted by Crippen LogP contribution is 2.34. The van der Waals surface area contributed by atoms with Gasteiger partial charge in [0.2, 0.25) is 11.7 Å². The molecule has 0 radical (unpaired) electrons. The molecule has 1 aliphatic heterocycles. The highest BCUT2D eigenvalue weighted by atomic mass is 16.6. The number of methoxy groups -OCH3 is 1. The van der Waals surface area contributed by atoms with E-state index in [1.54, 1.807) is 4.90 Å². The van der Waals surface area contributed by atoms with Gasteiger partial charge in [-0.15, -0.1) is 0 Å². The number of nitrogens with zero attached hydrogens (tertiary/aromatic N) is 3. The van der Waals surface area contributed by atoms with Gasteiger partial charge < -0.3 is 14.7 Å². The maximum absolute atomic E-state index is 11.1. The largest absolute Gasteiger partial charge is 0.481 e. The van der Waals surface area contributed by atoms with E-state index >= 15 is 0 Å². The minimum atomic E-state index is -0.924. The van der Waals surface area contributed by atoms with Gasteiger partial charge >= 0.3 is 11.7 Å². The molecule has 1 aromatic heterocycles.